The molecule has 4 aliphatic heterocycles. The Morgan fingerprint density at radius 3 is 1.74 bits per heavy atom. The van der Waals surface area contributed by atoms with Crippen molar-refractivity contribution in [2.24, 2.45) is 5.92 Å². The largest absolute Gasteiger partial charge is 0.504 e. The number of phenolic OH excluding ortho intramolecular Hbond substituents is 13. The molecule has 0 aliphatic carbocycles. The molecule has 9 rings (SSSR count). The number of benzene rings is 5. The number of esters is 6. The summed E-state index contributed by atoms with van der Waals surface area (Å²) in [6.07, 6.45) is -17.2. The Labute approximate surface area is 439 Å². The number of aliphatic hydroxyl groups is 1. The monoisotopic (exact) mass is 1120 g/mol. The molecule has 5 aromatic carbocycles. The molecule has 32 heteroatoms. The minimum absolute atomic E-state index is 0.235. The zero-order chi connectivity index (χ0) is 58.4. The van der Waals surface area contributed by atoms with Gasteiger partial charge in [0.05, 0.1) is 34.6 Å². The number of ether oxygens (including phenoxy) is 8. The fourth-order valence-corrected chi connectivity index (χ4v) is 9.11. The normalized spacial score (nSPS) is 22.3. The van der Waals surface area contributed by atoms with Gasteiger partial charge < -0.3 is 120 Å². The maximum atomic E-state index is 15.2. The summed E-state index contributed by atoms with van der Waals surface area (Å²) in [7, 11) is 0. The summed E-state index contributed by atoms with van der Waals surface area (Å²) in [6, 6.07) is 2.25. The van der Waals surface area contributed by atoms with E-state index in [1.807, 2.05) is 0 Å². The molecule has 0 saturated carbocycles. The summed E-state index contributed by atoms with van der Waals surface area (Å²) in [6.45, 7) is -1.45. The van der Waals surface area contributed by atoms with Crippen molar-refractivity contribution in [3.63, 3.8) is 0 Å². The van der Waals surface area contributed by atoms with Crippen LogP contribution in [-0.2, 0) is 42.8 Å². The molecular formula is C48H34O32. The Balaban J connectivity index is 1.33. The second kappa shape index (κ2) is 19.5. The second-order valence-corrected chi connectivity index (χ2v) is 17.6. The van der Waals surface area contributed by atoms with Gasteiger partial charge in [0.15, 0.2) is 81.6 Å². The van der Waals surface area contributed by atoms with E-state index in [0.717, 1.165) is 0 Å². The number of hydrogen-bond acceptors (Lipinski definition) is 30. The number of carbonyl (C=O) groups excluding carboxylic acids is 6. The van der Waals surface area contributed by atoms with E-state index in [1.54, 1.807) is 0 Å². The van der Waals surface area contributed by atoms with Crippen LogP contribution >= 0.6 is 0 Å². The summed E-state index contributed by atoms with van der Waals surface area (Å²) >= 11 is 0. The molecule has 0 radical (unpaired) electrons. The molecule has 0 unspecified atom stereocenters. The highest BCUT2D eigenvalue weighted by Crippen LogP contribution is 2.57. The smallest absolute Gasteiger partial charge is 0.341 e. The van der Waals surface area contributed by atoms with Crippen LogP contribution in [0.3, 0.4) is 0 Å². The molecule has 4 heterocycles. The van der Waals surface area contributed by atoms with Crippen LogP contribution in [0.5, 0.6) is 92.0 Å². The van der Waals surface area contributed by atoms with Crippen molar-refractivity contribution in [3.8, 4) is 103 Å². The van der Waals surface area contributed by atoms with Crippen molar-refractivity contribution < 1.29 is 158 Å². The lowest BCUT2D eigenvalue weighted by Gasteiger charge is -2.44. The molecule has 32 nitrogen and oxygen atoms in total. The molecule has 5 aromatic rings. The molecule has 0 amide bonds. The Kier molecular flexibility index (Phi) is 13.1. The molecule has 4 bridgehead atoms. The molecule has 1 fully saturated rings. The first-order chi connectivity index (χ1) is 37.6. The van der Waals surface area contributed by atoms with E-state index >= 15 is 4.79 Å². The number of aliphatic carboxylic acids is 1. The predicted octanol–water partition coefficient (Wildman–Crippen LogP) is 0.900. The molecular weight excluding hydrogens is 1090 g/mol. The van der Waals surface area contributed by atoms with Crippen LogP contribution in [0.15, 0.2) is 36.4 Å². The van der Waals surface area contributed by atoms with E-state index in [0.29, 0.717) is 24.3 Å². The minimum Gasteiger partial charge on any atom is -0.504 e. The number of aromatic carboxylic acids is 1. The van der Waals surface area contributed by atoms with Crippen LogP contribution in [0.4, 0.5) is 0 Å². The highest BCUT2D eigenvalue weighted by molar-refractivity contribution is 6.09. The van der Waals surface area contributed by atoms with Gasteiger partial charge in [0.2, 0.25) is 41.1 Å². The standard InChI is InChI=1S/C48H34O32/c49-15-1-9(2-16(50)27(15)57)42(67)80-48-40-39-36(76-46(71)13(7-22(55)56)24-26-12(45(70)79-40)5-20(54)31(61)38(26)77-47(72)33(24)63)21(74-48)8-73-43(68)10-3-17(51)28(58)32(62)23(10)25-11(44(69)78-39)4-19(53)30(60)37(25)75-35-14(41(65)66)6-18(52)29(59)34(35)64/h1-6,13,21,24,33,36,39-40,48-54,57-64H,7-8H2,(H,55,56)(H,65,66)/t13-,21+,24-,33-,36+,39-,40+,48-/m0/s1. The molecule has 4 aliphatic rings. The molecule has 80 heavy (non-hydrogen) atoms. The van der Waals surface area contributed by atoms with E-state index in [1.165, 1.54) is 0 Å². The first-order valence-electron chi connectivity index (χ1n) is 22.3. The number of carboxylic acids is 2. The van der Waals surface area contributed by atoms with Gasteiger partial charge in [-0.3, -0.25) is 9.59 Å². The lowest BCUT2D eigenvalue weighted by atomic mass is 9.76. The van der Waals surface area contributed by atoms with E-state index in [-0.39, 0.29) is 12.1 Å². The van der Waals surface area contributed by atoms with Gasteiger partial charge in [0.1, 0.15) is 18.3 Å². The summed E-state index contributed by atoms with van der Waals surface area (Å²) < 4.78 is 44.7. The van der Waals surface area contributed by atoms with E-state index < -0.39 is 246 Å². The fraction of sp³-hybridized carbons (Fsp3) is 0.208. The van der Waals surface area contributed by atoms with Crippen molar-refractivity contribution in [2.45, 2.75) is 49.1 Å². The predicted molar refractivity (Wildman–Crippen MR) is 243 cm³/mol. The average Bonchev–Trinajstić information content (AvgIpc) is 3.58. The van der Waals surface area contributed by atoms with Gasteiger partial charge in [-0.15, -0.1) is 0 Å². The van der Waals surface area contributed by atoms with E-state index in [4.69, 9.17) is 37.9 Å². The average molecular weight is 1120 g/mol. The Morgan fingerprint density at radius 1 is 0.550 bits per heavy atom. The number of hydrogen-bond donors (Lipinski definition) is 16. The number of carbonyl (C=O) groups is 8. The van der Waals surface area contributed by atoms with Crippen molar-refractivity contribution in [2.75, 3.05) is 6.61 Å². The number of aromatic hydroxyl groups is 13. The SMILES string of the molecule is O=C(O)C[C@@H]1C(=O)O[C@H]2[C@@H]3OC(=O)c4cc(O)c(O)c(Oc5c(C(=O)O)cc(O)c(O)c5O)c4-c4c(cc(O)c(O)c4O)C(=O)OC[C@H]2O[C@@H](OC(=O)c2cc(O)c(O)c(O)c2)[C@@H]3OC(=O)c2cc(O)c(O)c3c2[C@H]1[C@H](O)C(=O)O3. The van der Waals surface area contributed by atoms with Gasteiger partial charge in [-0.2, -0.15) is 0 Å². The summed E-state index contributed by atoms with van der Waals surface area (Å²) in [5.74, 6) is -42.3. The zero-order valence-corrected chi connectivity index (χ0v) is 39.2. The quantitative estimate of drug-likeness (QED) is 0.0466. The molecule has 1 saturated heterocycles. The number of cyclic esters (lactones) is 1. The van der Waals surface area contributed by atoms with Gasteiger partial charge in [-0.1, -0.05) is 0 Å². The Morgan fingerprint density at radius 2 is 1.10 bits per heavy atom. The Bertz CT molecular complexity index is 3580. The molecule has 0 aromatic heterocycles. The highest BCUT2D eigenvalue weighted by Gasteiger charge is 2.58. The fourth-order valence-electron chi connectivity index (χ4n) is 9.11. The number of fused-ring (bicyclic) bond motifs is 3. The molecule has 0 spiro atoms. The molecule has 8 atom stereocenters. The third-order valence-electron chi connectivity index (χ3n) is 12.8. The van der Waals surface area contributed by atoms with Crippen LogP contribution in [0.2, 0.25) is 0 Å². The molecule has 16 N–H and O–H groups in total. The van der Waals surface area contributed by atoms with Crippen LogP contribution in [0, 0.1) is 5.92 Å². The third-order valence-corrected chi connectivity index (χ3v) is 12.8. The first kappa shape index (κ1) is 53.8. The summed E-state index contributed by atoms with van der Waals surface area (Å²) in [5, 5.41) is 171. The lowest BCUT2D eigenvalue weighted by molar-refractivity contribution is -0.287. The van der Waals surface area contributed by atoms with Gasteiger partial charge in [-0.05, 0) is 30.3 Å². The van der Waals surface area contributed by atoms with E-state index in [9.17, 15) is 115 Å². The van der Waals surface area contributed by atoms with E-state index in [2.05, 4.69) is 0 Å². The minimum atomic E-state index is -2.75. The van der Waals surface area contributed by atoms with Crippen molar-refractivity contribution in [1.82, 2.24) is 0 Å². The second-order valence-electron chi connectivity index (χ2n) is 17.6. The first-order valence-corrected chi connectivity index (χ1v) is 22.3. The number of carboxylic acid groups (broad SMARTS) is 2. The van der Waals surface area contributed by atoms with Gasteiger partial charge in [-0.25, -0.2) is 28.8 Å². The maximum Gasteiger partial charge on any atom is 0.341 e. The topological polar surface area (TPSA) is 534 Å². The van der Waals surface area contributed by atoms with Crippen molar-refractivity contribution in [3.05, 3.63) is 69.8 Å². The van der Waals surface area contributed by atoms with Crippen molar-refractivity contribution in [1.29, 1.82) is 0 Å². The Hall–Kier alpha value is -11.0. The highest BCUT2D eigenvalue weighted by atomic mass is 16.7. The van der Waals surface area contributed by atoms with Crippen LogP contribution in [-0.4, -0.2) is 173 Å². The number of phenols is 13. The lowest BCUT2D eigenvalue weighted by Crippen LogP contribution is -2.63. The van der Waals surface area contributed by atoms with Gasteiger partial charge in [0.25, 0.3) is 0 Å². The van der Waals surface area contributed by atoms with Crippen LogP contribution in [0.1, 0.15) is 69.7 Å². The van der Waals surface area contributed by atoms with Crippen molar-refractivity contribution >= 4 is 47.8 Å². The number of aliphatic hydroxyl groups excluding tert-OH is 1. The zero-order valence-electron chi connectivity index (χ0n) is 39.2. The molecule has 418 valence electrons. The summed E-state index contributed by atoms with van der Waals surface area (Å²) in [5.41, 5.74) is -9.40. The van der Waals surface area contributed by atoms with Crippen LogP contribution < -0.4 is 9.47 Å². The maximum absolute atomic E-state index is 15.2. The number of rotatable bonds is 7. The van der Waals surface area contributed by atoms with Gasteiger partial charge in [0, 0.05) is 28.7 Å². The van der Waals surface area contributed by atoms with Crippen LogP contribution in [0.25, 0.3) is 11.1 Å². The van der Waals surface area contributed by atoms with Gasteiger partial charge >= 0.3 is 47.8 Å². The third kappa shape index (κ3) is 8.80. The summed E-state index contributed by atoms with van der Waals surface area (Å²) in [4.78, 5) is 111.